The molecule has 0 unspecified atom stereocenters. The van der Waals surface area contributed by atoms with Gasteiger partial charge in [-0.25, -0.2) is 15.0 Å². The second kappa shape index (κ2) is 7.01. The minimum absolute atomic E-state index is 0.0300. The fraction of sp³-hybridized carbons (Fsp3) is 0.611. The fourth-order valence-electron chi connectivity index (χ4n) is 3.85. The molecule has 0 aromatic carbocycles. The van der Waals surface area contributed by atoms with Crippen molar-refractivity contribution in [2.24, 2.45) is 0 Å². The molecule has 8 nitrogen and oxygen atoms in total. The van der Waals surface area contributed by atoms with Gasteiger partial charge >= 0.3 is 0 Å². The van der Waals surface area contributed by atoms with E-state index >= 15 is 0 Å². The molecule has 26 heavy (non-hydrogen) atoms. The van der Waals surface area contributed by atoms with Gasteiger partial charge in [-0.3, -0.25) is 9.89 Å². The third kappa shape index (κ3) is 3.15. The number of rotatable bonds is 3. The number of anilines is 1. The number of hydrogen-bond acceptors (Lipinski definition) is 6. The monoisotopic (exact) mass is 355 g/mol. The number of hydrogen-bond donors (Lipinski definition) is 1. The zero-order chi connectivity index (χ0) is 18.1. The molecule has 2 aromatic rings. The molecule has 2 aliphatic rings. The van der Waals surface area contributed by atoms with E-state index in [0.717, 1.165) is 43.4 Å². The molecular weight excluding hydrogens is 330 g/mol. The molecule has 2 saturated heterocycles. The highest BCUT2D eigenvalue weighted by molar-refractivity contribution is 5.95. The van der Waals surface area contributed by atoms with Crippen molar-refractivity contribution in [2.75, 3.05) is 24.5 Å². The number of aryl methyl sites for hydroxylation is 2. The third-order valence-electron chi connectivity index (χ3n) is 5.26. The Morgan fingerprint density at radius 3 is 2.62 bits per heavy atom. The van der Waals surface area contributed by atoms with Crippen molar-refractivity contribution in [3.63, 3.8) is 0 Å². The topological polar surface area (TPSA) is 90.9 Å². The Morgan fingerprint density at radius 2 is 1.92 bits per heavy atom. The van der Waals surface area contributed by atoms with Crippen molar-refractivity contribution in [1.82, 2.24) is 30.0 Å². The first kappa shape index (κ1) is 16.9. The molecule has 0 aliphatic carbocycles. The van der Waals surface area contributed by atoms with Gasteiger partial charge in [0.05, 0.1) is 17.3 Å². The molecule has 0 bridgehead atoms. The summed E-state index contributed by atoms with van der Waals surface area (Å²) in [5.41, 5.74) is 1.31. The summed E-state index contributed by atoms with van der Waals surface area (Å²) in [4.78, 5) is 30.7. The second-order valence-corrected chi connectivity index (χ2v) is 7.15. The van der Waals surface area contributed by atoms with Crippen molar-refractivity contribution in [1.29, 1.82) is 0 Å². The summed E-state index contributed by atoms with van der Waals surface area (Å²) >= 11 is 0. The van der Waals surface area contributed by atoms with Gasteiger partial charge < -0.3 is 9.80 Å². The Morgan fingerprint density at radius 1 is 1.12 bits per heavy atom. The number of nitrogens with one attached hydrogen (secondary N) is 1. The van der Waals surface area contributed by atoms with E-state index in [0.29, 0.717) is 17.9 Å². The summed E-state index contributed by atoms with van der Waals surface area (Å²) in [5, 5.41) is 7.12. The molecule has 138 valence electrons. The summed E-state index contributed by atoms with van der Waals surface area (Å²) in [6.45, 7) is 6.46. The van der Waals surface area contributed by atoms with E-state index in [2.05, 4.69) is 30.0 Å². The number of aromatic amines is 1. The Bertz CT molecular complexity index is 797. The number of piperidine rings is 1. The maximum Gasteiger partial charge on any atom is 0.257 e. The van der Waals surface area contributed by atoms with E-state index in [1.54, 1.807) is 6.20 Å². The van der Waals surface area contributed by atoms with E-state index in [4.69, 9.17) is 0 Å². The maximum atomic E-state index is 13.1. The highest BCUT2D eigenvalue weighted by Gasteiger charge is 2.34. The second-order valence-electron chi connectivity index (χ2n) is 7.15. The number of likely N-dealkylation sites (tertiary alicyclic amines) is 1. The molecule has 1 atom stereocenters. The Balaban J connectivity index is 1.55. The van der Waals surface area contributed by atoms with Crippen molar-refractivity contribution in [3.8, 4) is 0 Å². The predicted molar refractivity (Wildman–Crippen MR) is 97.0 cm³/mol. The molecule has 4 heterocycles. The molecule has 4 rings (SSSR count). The van der Waals surface area contributed by atoms with Crippen molar-refractivity contribution in [2.45, 2.75) is 52.0 Å². The first-order valence-corrected chi connectivity index (χ1v) is 9.42. The number of carbonyl (C=O) groups is 1. The average molecular weight is 355 g/mol. The van der Waals surface area contributed by atoms with Gasteiger partial charge in [0.15, 0.2) is 5.82 Å². The van der Waals surface area contributed by atoms with E-state index in [9.17, 15) is 4.79 Å². The summed E-state index contributed by atoms with van der Waals surface area (Å²) in [5.74, 6) is 2.17. The van der Waals surface area contributed by atoms with Gasteiger partial charge in [0.1, 0.15) is 5.82 Å². The van der Waals surface area contributed by atoms with Crippen LogP contribution in [0, 0.1) is 13.8 Å². The number of aromatic nitrogens is 5. The zero-order valence-corrected chi connectivity index (χ0v) is 15.4. The number of amides is 1. The van der Waals surface area contributed by atoms with Crippen molar-refractivity contribution < 1.29 is 4.79 Å². The first-order chi connectivity index (χ1) is 12.6. The molecule has 8 heteroatoms. The van der Waals surface area contributed by atoms with Crippen LogP contribution in [0.4, 0.5) is 5.95 Å². The van der Waals surface area contributed by atoms with Gasteiger partial charge in [0, 0.05) is 25.8 Å². The van der Waals surface area contributed by atoms with Crippen LogP contribution in [0.25, 0.3) is 0 Å². The largest absolute Gasteiger partial charge is 0.341 e. The molecule has 1 amide bonds. The van der Waals surface area contributed by atoms with Crippen LogP contribution in [0.15, 0.2) is 6.20 Å². The van der Waals surface area contributed by atoms with Gasteiger partial charge in [0.2, 0.25) is 5.95 Å². The average Bonchev–Trinajstić information content (AvgIpc) is 3.30. The van der Waals surface area contributed by atoms with Gasteiger partial charge in [-0.05, 0) is 46.0 Å². The summed E-state index contributed by atoms with van der Waals surface area (Å²) in [6, 6.07) is -0.0754. The number of nitrogens with zero attached hydrogens (tertiary/aromatic N) is 6. The molecule has 2 aromatic heterocycles. The Kier molecular flexibility index (Phi) is 4.57. The van der Waals surface area contributed by atoms with Crippen LogP contribution in [-0.2, 0) is 0 Å². The molecule has 1 N–H and O–H groups in total. The fourth-order valence-corrected chi connectivity index (χ4v) is 3.85. The minimum atomic E-state index is -0.0754. The van der Waals surface area contributed by atoms with Crippen LogP contribution in [0.3, 0.4) is 0 Å². The molecular formula is C18H25N7O. The Hall–Kier alpha value is -2.51. The zero-order valence-electron chi connectivity index (χ0n) is 15.4. The van der Waals surface area contributed by atoms with E-state index in [-0.39, 0.29) is 11.9 Å². The molecule has 2 aliphatic heterocycles. The molecule has 0 radical (unpaired) electrons. The lowest BCUT2D eigenvalue weighted by molar-refractivity contribution is 0.0728. The van der Waals surface area contributed by atoms with Gasteiger partial charge in [-0.15, -0.1) is 0 Å². The summed E-state index contributed by atoms with van der Waals surface area (Å²) in [7, 11) is 0. The lowest BCUT2D eigenvalue weighted by atomic mass is 10.1. The van der Waals surface area contributed by atoms with Crippen molar-refractivity contribution in [3.05, 3.63) is 29.1 Å². The Labute approximate surface area is 153 Å². The van der Waals surface area contributed by atoms with E-state index in [1.807, 2.05) is 18.7 Å². The molecule has 0 saturated carbocycles. The van der Waals surface area contributed by atoms with Crippen LogP contribution in [0.5, 0.6) is 0 Å². The summed E-state index contributed by atoms with van der Waals surface area (Å²) in [6.07, 6.45) is 7.14. The van der Waals surface area contributed by atoms with Crippen molar-refractivity contribution >= 4 is 11.9 Å². The van der Waals surface area contributed by atoms with Crippen LogP contribution in [0.1, 0.15) is 65.8 Å². The highest BCUT2D eigenvalue weighted by Crippen LogP contribution is 2.31. The summed E-state index contributed by atoms with van der Waals surface area (Å²) < 4.78 is 0. The van der Waals surface area contributed by atoms with Gasteiger partial charge in [-0.1, -0.05) is 0 Å². The minimum Gasteiger partial charge on any atom is -0.341 e. The lowest BCUT2D eigenvalue weighted by Gasteiger charge is -2.27. The lowest BCUT2D eigenvalue weighted by Crippen LogP contribution is -2.33. The van der Waals surface area contributed by atoms with Gasteiger partial charge in [-0.2, -0.15) is 5.10 Å². The predicted octanol–water partition coefficient (Wildman–Crippen LogP) is 2.18. The van der Waals surface area contributed by atoms with Crippen LogP contribution >= 0.6 is 0 Å². The van der Waals surface area contributed by atoms with Crippen LogP contribution in [0.2, 0.25) is 0 Å². The molecule has 2 fully saturated rings. The number of carbonyl (C=O) groups excluding carboxylic acids is 1. The SMILES string of the molecule is Cc1nc([C@H]2CCCN2C(=O)c2cnc(N3CCCCC3)nc2C)n[nH]1. The van der Waals surface area contributed by atoms with Gasteiger partial charge in [0.25, 0.3) is 5.91 Å². The highest BCUT2D eigenvalue weighted by atomic mass is 16.2. The normalized spacial score (nSPS) is 20.6. The van der Waals surface area contributed by atoms with Crippen LogP contribution < -0.4 is 4.90 Å². The van der Waals surface area contributed by atoms with E-state index < -0.39 is 0 Å². The maximum absolute atomic E-state index is 13.1. The first-order valence-electron chi connectivity index (χ1n) is 9.42. The quantitative estimate of drug-likeness (QED) is 0.907. The standard InChI is InChI=1S/C18H25N7O/c1-12-14(11-19-18(20-12)24-8-4-3-5-9-24)17(26)25-10-6-7-15(25)16-21-13(2)22-23-16/h11,15H,3-10H2,1-2H3,(H,21,22,23)/t15-/m1/s1. The smallest absolute Gasteiger partial charge is 0.257 e. The third-order valence-corrected chi connectivity index (χ3v) is 5.26. The number of H-pyrrole nitrogens is 1. The van der Waals surface area contributed by atoms with E-state index in [1.165, 1.54) is 19.3 Å². The van der Waals surface area contributed by atoms with Crippen LogP contribution in [-0.4, -0.2) is 55.6 Å². The molecule has 0 spiro atoms.